The summed E-state index contributed by atoms with van der Waals surface area (Å²) in [6.45, 7) is 1.01. The number of carbonyl (C=O) groups excluding carboxylic acids is 1. The smallest absolute Gasteiger partial charge is 0.319 e. The highest BCUT2D eigenvalue weighted by Crippen LogP contribution is 2.18. The molecule has 1 atom stereocenters. The topological polar surface area (TPSA) is 99.4 Å². The Morgan fingerprint density at radius 2 is 2.10 bits per heavy atom. The fraction of sp³-hybridized carbons (Fsp3) is 0.350. The van der Waals surface area contributed by atoms with E-state index in [4.69, 9.17) is 9.47 Å². The molecule has 0 spiro atoms. The van der Waals surface area contributed by atoms with Crippen LogP contribution in [0.2, 0.25) is 0 Å². The van der Waals surface area contributed by atoms with E-state index < -0.39 is 0 Å². The van der Waals surface area contributed by atoms with E-state index in [9.17, 15) is 9.59 Å². The molecule has 0 N–H and O–H groups in total. The number of fused-ring (bicyclic) bond motifs is 1. The zero-order chi connectivity index (χ0) is 20.2. The molecule has 29 heavy (non-hydrogen) atoms. The van der Waals surface area contributed by atoms with Crippen molar-refractivity contribution in [1.29, 1.82) is 0 Å². The fourth-order valence-corrected chi connectivity index (χ4v) is 3.39. The number of para-hydroxylation sites is 1. The van der Waals surface area contributed by atoms with E-state index in [-0.39, 0.29) is 30.1 Å². The van der Waals surface area contributed by atoms with Gasteiger partial charge in [-0.1, -0.05) is 12.1 Å². The predicted molar refractivity (Wildman–Crippen MR) is 105 cm³/mol. The molecule has 3 aromatic rings. The largest absolute Gasteiger partial charge is 0.472 e. The Bertz CT molecular complexity index is 1080. The van der Waals surface area contributed by atoms with Gasteiger partial charge in [-0.15, -0.1) is 0 Å². The molecular formula is C20H21N5O4. The Morgan fingerprint density at radius 3 is 2.97 bits per heavy atom. The van der Waals surface area contributed by atoms with Gasteiger partial charge < -0.3 is 14.4 Å². The number of rotatable bonds is 5. The second-order valence-electron chi connectivity index (χ2n) is 6.80. The van der Waals surface area contributed by atoms with Crippen LogP contribution in [-0.2, 0) is 11.3 Å². The van der Waals surface area contributed by atoms with Crippen LogP contribution in [0.1, 0.15) is 12.8 Å². The van der Waals surface area contributed by atoms with Gasteiger partial charge in [0.25, 0.3) is 5.56 Å². The van der Waals surface area contributed by atoms with Gasteiger partial charge in [-0.3, -0.25) is 14.2 Å². The van der Waals surface area contributed by atoms with Gasteiger partial charge in [0.1, 0.15) is 12.6 Å². The number of likely N-dealkylation sites (tertiary alicyclic amines) is 1. The van der Waals surface area contributed by atoms with Crippen molar-refractivity contribution in [3.05, 3.63) is 53.2 Å². The first-order valence-electron chi connectivity index (χ1n) is 9.39. The normalized spacial score (nSPS) is 16.6. The molecule has 3 heterocycles. The van der Waals surface area contributed by atoms with Crippen molar-refractivity contribution in [3.63, 3.8) is 0 Å². The number of methoxy groups -OCH3 is 1. The third-order valence-corrected chi connectivity index (χ3v) is 4.85. The van der Waals surface area contributed by atoms with Gasteiger partial charge in [-0.05, 0) is 25.0 Å². The predicted octanol–water partition coefficient (Wildman–Crippen LogP) is 1.27. The highest BCUT2D eigenvalue weighted by molar-refractivity contribution is 5.79. The molecule has 1 aromatic carbocycles. The lowest BCUT2D eigenvalue weighted by molar-refractivity contribution is -0.134. The van der Waals surface area contributed by atoms with E-state index in [1.165, 1.54) is 18.0 Å². The molecule has 9 heteroatoms. The van der Waals surface area contributed by atoms with E-state index in [0.29, 0.717) is 29.9 Å². The van der Waals surface area contributed by atoms with Crippen molar-refractivity contribution >= 4 is 16.8 Å². The van der Waals surface area contributed by atoms with Crippen LogP contribution in [0.5, 0.6) is 11.9 Å². The van der Waals surface area contributed by atoms with Crippen LogP contribution in [0.3, 0.4) is 0 Å². The molecule has 9 nitrogen and oxygen atoms in total. The van der Waals surface area contributed by atoms with Gasteiger partial charge in [0.05, 0.1) is 30.9 Å². The molecule has 1 amide bonds. The average Bonchev–Trinajstić information content (AvgIpc) is 2.76. The van der Waals surface area contributed by atoms with Gasteiger partial charge in [0.2, 0.25) is 11.8 Å². The fourth-order valence-electron chi connectivity index (χ4n) is 3.39. The number of piperidine rings is 1. The van der Waals surface area contributed by atoms with E-state index >= 15 is 0 Å². The van der Waals surface area contributed by atoms with Crippen molar-refractivity contribution in [2.75, 3.05) is 20.2 Å². The van der Waals surface area contributed by atoms with Crippen molar-refractivity contribution in [2.45, 2.75) is 25.5 Å². The summed E-state index contributed by atoms with van der Waals surface area (Å²) in [4.78, 5) is 39.5. The molecule has 0 bridgehead atoms. The lowest BCUT2D eigenvalue weighted by Crippen LogP contribution is -2.46. The van der Waals surface area contributed by atoms with Crippen LogP contribution in [0.4, 0.5) is 0 Å². The number of amides is 1. The number of hydrogen-bond acceptors (Lipinski definition) is 7. The van der Waals surface area contributed by atoms with Gasteiger partial charge >= 0.3 is 6.01 Å². The summed E-state index contributed by atoms with van der Waals surface area (Å²) in [5, 5.41) is 0.500. The minimum atomic E-state index is -0.221. The number of ether oxygens (including phenoxy) is 2. The average molecular weight is 395 g/mol. The maximum Gasteiger partial charge on any atom is 0.319 e. The Balaban J connectivity index is 1.43. The van der Waals surface area contributed by atoms with Crippen LogP contribution in [-0.4, -0.2) is 56.6 Å². The number of carbonyl (C=O) groups is 1. The van der Waals surface area contributed by atoms with E-state index in [1.807, 2.05) is 6.07 Å². The second-order valence-corrected chi connectivity index (χ2v) is 6.80. The van der Waals surface area contributed by atoms with Crippen LogP contribution in [0, 0.1) is 0 Å². The number of benzene rings is 1. The Morgan fingerprint density at radius 1 is 1.24 bits per heavy atom. The number of aromatic nitrogens is 4. The van der Waals surface area contributed by atoms with Crippen molar-refractivity contribution in [1.82, 2.24) is 24.4 Å². The van der Waals surface area contributed by atoms with Crippen LogP contribution in [0.15, 0.2) is 47.7 Å². The molecule has 4 rings (SSSR count). The van der Waals surface area contributed by atoms with Crippen LogP contribution >= 0.6 is 0 Å². The van der Waals surface area contributed by atoms with Crippen molar-refractivity contribution < 1.29 is 14.3 Å². The molecule has 1 aliphatic heterocycles. The van der Waals surface area contributed by atoms with E-state index in [0.717, 1.165) is 12.8 Å². The molecular weight excluding hydrogens is 374 g/mol. The van der Waals surface area contributed by atoms with E-state index in [2.05, 4.69) is 15.0 Å². The van der Waals surface area contributed by atoms with Crippen LogP contribution < -0.4 is 15.0 Å². The molecule has 150 valence electrons. The highest BCUT2D eigenvalue weighted by Gasteiger charge is 2.25. The summed E-state index contributed by atoms with van der Waals surface area (Å²) in [7, 11) is 1.49. The molecule has 0 aliphatic carbocycles. The molecule has 1 saturated heterocycles. The first kappa shape index (κ1) is 18.9. The van der Waals surface area contributed by atoms with Crippen molar-refractivity contribution in [2.24, 2.45) is 0 Å². The second kappa shape index (κ2) is 8.26. The third kappa shape index (κ3) is 4.18. The third-order valence-electron chi connectivity index (χ3n) is 4.85. The lowest BCUT2D eigenvalue weighted by Gasteiger charge is -2.32. The lowest BCUT2D eigenvalue weighted by atomic mass is 10.1. The minimum Gasteiger partial charge on any atom is -0.472 e. The van der Waals surface area contributed by atoms with Crippen LogP contribution in [0.25, 0.3) is 10.9 Å². The first-order chi connectivity index (χ1) is 14.1. The monoisotopic (exact) mass is 395 g/mol. The SMILES string of the molecule is COc1nccc(OC2CCCN(C(=O)Cn3cnc4ccccc4c3=O)C2)n1. The summed E-state index contributed by atoms with van der Waals surface area (Å²) in [5.74, 6) is 0.267. The first-order valence-corrected chi connectivity index (χ1v) is 9.39. The summed E-state index contributed by atoms with van der Waals surface area (Å²) in [6, 6.07) is 8.99. The zero-order valence-electron chi connectivity index (χ0n) is 16.0. The molecule has 1 aliphatic rings. The highest BCUT2D eigenvalue weighted by atomic mass is 16.5. The summed E-state index contributed by atoms with van der Waals surface area (Å²) < 4.78 is 12.3. The summed E-state index contributed by atoms with van der Waals surface area (Å²) in [5.41, 5.74) is 0.398. The Hall–Kier alpha value is -3.49. The summed E-state index contributed by atoms with van der Waals surface area (Å²) >= 11 is 0. The van der Waals surface area contributed by atoms with Crippen molar-refractivity contribution in [3.8, 4) is 11.9 Å². The molecule has 0 radical (unpaired) electrons. The summed E-state index contributed by atoms with van der Waals surface area (Å²) in [6.07, 6.45) is 4.43. The van der Waals surface area contributed by atoms with Gasteiger partial charge in [-0.2, -0.15) is 4.98 Å². The molecule has 0 saturated carbocycles. The Kier molecular flexibility index (Phi) is 5.37. The zero-order valence-corrected chi connectivity index (χ0v) is 16.0. The van der Waals surface area contributed by atoms with E-state index in [1.54, 1.807) is 35.4 Å². The molecule has 1 unspecified atom stereocenters. The standard InChI is InChI=1S/C20H21N5O4/c1-28-20-21-9-8-17(23-20)29-14-5-4-10-24(11-14)18(26)12-25-13-22-16-7-3-2-6-15(16)19(25)27/h2-3,6-9,13-14H,4-5,10-12H2,1H3. The molecule has 2 aromatic heterocycles. The quantitative estimate of drug-likeness (QED) is 0.641. The minimum absolute atomic E-state index is 0.0509. The molecule has 1 fully saturated rings. The van der Waals surface area contributed by atoms with Gasteiger partial charge in [-0.25, -0.2) is 9.97 Å². The maximum atomic E-state index is 12.8. The number of hydrogen-bond donors (Lipinski definition) is 0. The maximum absolute atomic E-state index is 12.8. The van der Waals surface area contributed by atoms with Gasteiger partial charge in [0.15, 0.2) is 0 Å². The Labute approximate surface area is 166 Å². The number of nitrogens with zero attached hydrogens (tertiary/aromatic N) is 5. The van der Waals surface area contributed by atoms with Gasteiger partial charge in [0, 0.05) is 18.8 Å².